The molecule has 1 aliphatic rings. The summed E-state index contributed by atoms with van der Waals surface area (Å²) in [6.07, 6.45) is 2.51. The van der Waals surface area contributed by atoms with Gasteiger partial charge in [-0.25, -0.2) is 9.97 Å². The second-order valence-corrected chi connectivity index (χ2v) is 5.80. The van der Waals surface area contributed by atoms with Crippen LogP contribution in [0.1, 0.15) is 10.4 Å². The molecule has 0 spiro atoms. The summed E-state index contributed by atoms with van der Waals surface area (Å²) in [5.41, 5.74) is 5.34. The number of nitrogens with zero attached hydrogens (tertiary/aromatic N) is 3. The molecule has 2 amide bonds. The van der Waals surface area contributed by atoms with Gasteiger partial charge < -0.3 is 29.6 Å². The molecule has 0 atom stereocenters. The molecule has 2 aromatic rings. The summed E-state index contributed by atoms with van der Waals surface area (Å²) in [4.78, 5) is 33.0. The van der Waals surface area contributed by atoms with Crippen molar-refractivity contribution in [3.05, 3.63) is 36.3 Å². The topological polar surface area (TPSA) is 126 Å². The first kappa shape index (κ1) is 19.4. The number of methoxy groups -OCH3 is 1. The van der Waals surface area contributed by atoms with Crippen LogP contribution in [-0.2, 0) is 9.53 Å². The molecule has 0 bridgehead atoms. The van der Waals surface area contributed by atoms with Gasteiger partial charge in [0.15, 0.2) is 18.1 Å². The maximum absolute atomic E-state index is 12.2. The van der Waals surface area contributed by atoms with Gasteiger partial charge in [-0.05, 0) is 12.1 Å². The zero-order chi connectivity index (χ0) is 19.9. The van der Waals surface area contributed by atoms with Crippen LogP contribution in [0.3, 0.4) is 0 Å². The van der Waals surface area contributed by atoms with Crippen molar-refractivity contribution in [2.24, 2.45) is 5.73 Å². The van der Waals surface area contributed by atoms with Crippen LogP contribution in [-0.4, -0.2) is 66.7 Å². The monoisotopic (exact) mass is 388 g/mol. The molecule has 0 aliphatic carbocycles. The summed E-state index contributed by atoms with van der Waals surface area (Å²) in [5.74, 6) is 0.257. The second kappa shape index (κ2) is 9.00. The van der Waals surface area contributed by atoms with Crippen LogP contribution in [0.2, 0.25) is 0 Å². The van der Waals surface area contributed by atoms with Crippen LogP contribution in [0.25, 0.3) is 0 Å². The Morgan fingerprint density at radius 3 is 2.75 bits per heavy atom. The van der Waals surface area contributed by atoms with Crippen LogP contribution in [0.4, 0.5) is 0 Å². The number of ether oxygens (including phenoxy) is 4. The maximum Gasteiger partial charge on any atom is 0.260 e. The first-order valence-electron chi connectivity index (χ1n) is 8.52. The summed E-state index contributed by atoms with van der Waals surface area (Å²) in [6.45, 7) is 2.07. The summed E-state index contributed by atoms with van der Waals surface area (Å²) in [6, 6.07) is 4.78. The Labute approximate surface area is 161 Å². The van der Waals surface area contributed by atoms with E-state index in [1.165, 1.54) is 19.6 Å². The van der Waals surface area contributed by atoms with Crippen LogP contribution in [0, 0.1) is 0 Å². The molecular weight excluding hydrogens is 368 g/mol. The fraction of sp³-hybridized carbons (Fsp3) is 0.333. The fourth-order valence-electron chi connectivity index (χ4n) is 2.54. The van der Waals surface area contributed by atoms with Crippen molar-refractivity contribution in [2.45, 2.75) is 0 Å². The van der Waals surface area contributed by atoms with Crippen molar-refractivity contribution in [1.82, 2.24) is 14.9 Å². The summed E-state index contributed by atoms with van der Waals surface area (Å²) >= 11 is 0. The predicted octanol–water partition coefficient (Wildman–Crippen LogP) is 0.614. The standard InChI is InChI=1S/C18H20N4O6/c1-25-15-8-12(27-10-16(23)22-4-6-26-7-5-22)2-3-14(15)28-18-13(17(19)24)9-20-11-21-18/h2-3,8-9,11H,4-7,10H2,1H3,(H2,19,24). The lowest BCUT2D eigenvalue weighted by atomic mass is 10.3. The Morgan fingerprint density at radius 2 is 2.04 bits per heavy atom. The number of carbonyl (C=O) groups excluding carboxylic acids is 2. The van der Waals surface area contributed by atoms with Crippen LogP contribution in [0.15, 0.2) is 30.7 Å². The molecule has 0 saturated carbocycles. The first-order valence-corrected chi connectivity index (χ1v) is 8.52. The van der Waals surface area contributed by atoms with Crippen LogP contribution < -0.4 is 19.9 Å². The molecule has 3 rings (SSSR count). The van der Waals surface area contributed by atoms with Gasteiger partial charge in [0.2, 0.25) is 5.88 Å². The van der Waals surface area contributed by atoms with Crippen molar-refractivity contribution >= 4 is 11.8 Å². The van der Waals surface area contributed by atoms with Gasteiger partial charge in [0, 0.05) is 25.4 Å². The number of hydrogen-bond acceptors (Lipinski definition) is 8. The molecule has 1 fully saturated rings. The molecule has 2 N–H and O–H groups in total. The predicted molar refractivity (Wildman–Crippen MR) is 96.5 cm³/mol. The van der Waals surface area contributed by atoms with Crippen LogP contribution in [0.5, 0.6) is 23.1 Å². The number of primary amides is 1. The number of carbonyl (C=O) groups is 2. The highest BCUT2D eigenvalue weighted by Gasteiger charge is 2.18. The van der Waals surface area contributed by atoms with Gasteiger partial charge in [-0.2, -0.15) is 0 Å². The third-order valence-corrected chi connectivity index (χ3v) is 4.01. The van der Waals surface area contributed by atoms with E-state index >= 15 is 0 Å². The van der Waals surface area contributed by atoms with E-state index < -0.39 is 5.91 Å². The Bertz CT molecular complexity index is 854. The van der Waals surface area contributed by atoms with Crippen molar-refractivity contribution in [3.63, 3.8) is 0 Å². The number of amides is 2. The molecule has 0 unspecified atom stereocenters. The zero-order valence-corrected chi connectivity index (χ0v) is 15.3. The number of benzene rings is 1. The fourth-order valence-corrected chi connectivity index (χ4v) is 2.54. The van der Waals surface area contributed by atoms with E-state index in [4.69, 9.17) is 24.7 Å². The summed E-state index contributed by atoms with van der Waals surface area (Å²) < 4.78 is 21.7. The van der Waals surface area contributed by atoms with E-state index in [0.717, 1.165) is 0 Å². The van der Waals surface area contributed by atoms with Gasteiger partial charge in [0.1, 0.15) is 17.6 Å². The molecule has 10 heteroatoms. The van der Waals surface area contributed by atoms with E-state index in [9.17, 15) is 9.59 Å². The van der Waals surface area contributed by atoms with Crippen molar-refractivity contribution in [2.75, 3.05) is 40.0 Å². The highest BCUT2D eigenvalue weighted by atomic mass is 16.5. The molecule has 148 valence electrons. The van der Waals surface area contributed by atoms with E-state index in [0.29, 0.717) is 43.6 Å². The highest BCUT2D eigenvalue weighted by Crippen LogP contribution is 2.34. The molecule has 2 heterocycles. The minimum atomic E-state index is -0.712. The molecule has 28 heavy (non-hydrogen) atoms. The normalized spacial score (nSPS) is 13.7. The number of aromatic nitrogens is 2. The van der Waals surface area contributed by atoms with E-state index in [1.54, 1.807) is 23.1 Å². The number of morpholine rings is 1. The zero-order valence-electron chi connectivity index (χ0n) is 15.3. The van der Waals surface area contributed by atoms with Gasteiger partial charge in [0.25, 0.3) is 11.8 Å². The van der Waals surface area contributed by atoms with Crippen LogP contribution >= 0.6 is 0 Å². The van der Waals surface area contributed by atoms with Crippen molar-refractivity contribution < 1.29 is 28.5 Å². The third kappa shape index (κ3) is 4.65. The molecule has 1 aromatic carbocycles. The number of rotatable bonds is 7. The maximum atomic E-state index is 12.2. The minimum Gasteiger partial charge on any atom is -0.493 e. The Balaban J connectivity index is 1.68. The Hall–Kier alpha value is -3.40. The van der Waals surface area contributed by atoms with Gasteiger partial charge in [-0.1, -0.05) is 0 Å². The number of hydrogen-bond donors (Lipinski definition) is 1. The molecule has 1 saturated heterocycles. The van der Waals surface area contributed by atoms with Crippen molar-refractivity contribution in [1.29, 1.82) is 0 Å². The molecule has 0 radical (unpaired) electrons. The van der Waals surface area contributed by atoms with E-state index in [-0.39, 0.29) is 24.0 Å². The lowest BCUT2D eigenvalue weighted by molar-refractivity contribution is -0.137. The lowest BCUT2D eigenvalue weighted by Gasteiger charge is -2.26. The van der Waals surface area contributed by atoms with E-state index in [1.807, 2.05) is 0 Å². The highest BCUT2D eigenvalue weighted by molar-refractivity contribution is 5.94. The smallest absolute Gasteiger partial charge is 0.260 e. The lowest BCUT2D eigenvalue weighted by Crippen LogP contribution is -2.42. The second-order valence-electron chi connectivity index (χ2n) is 5.80. The Morgan fingerprint density at radius 1 is 1.25 bits per heavy atom. The van der Waals surface area contributed by atoms with Gasteiger partial charge in [-0.15, -0.1) is 0 Å². The Kier molecular flexibility index (Phi) is 6.22. The molecule has 1 aromatic heterocycles. The molecule has 1 aliphatic heterocycles. The minimum absolute atomic E-state index is 0.0111. The van der Waals surface area contributed by atoms with Gasteiger partial charge in [-0.3, -0.25) is 9.59 Å². The molecular formula is C18H20N4O6. The molecule has 10 nitrogen and oxygen atoms in total. The van der Waals surface area contributed by atoms with E-state index in [2.05, 4.69) is 9.97 Å². The summed E-state index contributed by atoms with van der Waals surface area (Å²) in [5, 5.41) is 0. The number of nitrogens with two attached hydrogens (primary N) is 1. The average Bonchev–Trinajstić information content (AvgIpc) is 2.73. The van der Waals surface area contributed by atoms with Gasteiger partial charge in [0.05, 0.1) is 20.3 Å². The van der Waals surface area contributed by atoms with Crippen molar-refractivity contribution in [3.8, 4) is 23.1 Å². The largest absolute Gasteiger partial charge is 0.493 e. The average molecular weight is 388 g/mol. The van der Waals surface area contributed by atoms with Gasteiger partial charge >= 0.3 is 0 Å². The summed E-state index contributed by atoms with van der Waals surface area (Å²) in [7, 11) is 1.46. The SMILES string of the molecule is COc1cc(OCC(=O)N2CCOCC2)ccc1Oc1ncncc1C(N)=O. The quantitative estimate of drug-likeness (QED) is 0.731. The third-order valence-electron chi connectivity index (χ3n) is 4.01. The first-order chi connectivity index (χ1) is 13.6.